The smallest absolute Gasteiger partial charge is 0.147 e. The van der Waals surface area contributed by atoms with Gasteiger partial charge in [-0.05, 0) is 65.6 Å². The normalized spacial score (nSPS) is 21.3. The Bertz CT molecular complexity index is 3070. The zero-order valence-corrected chi connectivity index (χ0v) is 31.7. The molecule has 1 N–H and O–H groups in total. The summed E-state index contributed by atoms with van der Waals surface area (Å²) in [5, 5.41) is 8.74. The molecule has 4 heterocycles. The fraction of sp³-hybridized carbons (Fsp3) is 0.0980. The Balaban J connectivity index is 0.879. The Kier molecular flexibility index (Phi) is 7.35. The number of fused-ring (bicyclic) bond motifs is 9. The molecule has 4 aliphatic rings. The summed E-state index contributed by atoms with van der Waals surface area (Å²) in [5.74, 6) is 2.88. The number of ether oxygens (including phenoxy) is 1. The lowest BCUT2D eigenvalue weighted by Crippen LogP contribution is -2.35. The molecule has 57 heavy (non-hydrogen) atoms. The van der Waals surface area contributed by atoms with Crippen LogP contribution in [0.3, 0.4) is 0 Å². The molecular formula is C51H36N4OS. The quantitative estimate of drug-likeness (QED) is 0.190. The number of aliphatic imine (C=N–C) groups is 2. The van der Waals surface area contributed by atoms with E-state index in [1.54, 1.807) is 0 Å². The molecule has 2 aromatic heterocycles. The van der Waals surface area contributed by atoms with Gasteiger partial charge in [-0.1, -0.05) is 133 Å². The van der Waals surface area contributed by atoms with Gasteiger partial charge in [0.2, 0.25) is 0 Å². The van der Waals surface area contributed by atoms with Gasteiger partial charge in [0.1, 0.15) is 29.7 Å². The standard InChI is InChI=1S/C51H36N4OS/c1-3-12-31(13-4-1)49-52-50(32-14-5-2-6-15-32)54-51(53-49)34-23-27-44-41(28-34)39-25-22-33(29-45(39)56-44)36-18-11-21-46-48(36)40-26-24-35(30-47(40)57-46)55-42-19-9-7-16-37(42)38-17-8-10-20-43(38)55/h1-22,24-30,34,39,45,49H,23H2,(H,52,53,54). The fourth-order valence-corrected chi connectivity index (χ4v) is 10.4. The van der Waals surface area contributed by atoms with Crippen LogP contribution >= 0.6 is 11.3 Å². The van der Waals surface area contributed by atoms with E-state index in [2.05, 4.69) is 174 Å². The van der Waals surface area contributed by atoms with E-state index >= 15 is 0 Å². The lowest BCUT2D eigenvalue weighted by molar-refractivity contribution is 0.184. The van der Waals surface area contributed by atoms with Crippen LogP contribution < -0.4 is 5.32 Å². The Hall–Kier alpha value is -6.76. The van der Waals surface area contributed by atoms with Gasteiger partial charge >= 0.3 is 0 Å². The Morgan fingerprint density at radius 3 is 2.26 bits per heavy atom. The van der Waals surface area contributed by atoms with Gasteiger partial charge in [-0.2, -0.15) is 0 Å². The third-order valence-electron chi connectivity index (χ3n) is 11.9. The van der Waals surface area contributed by atoms with Crippen LogP contribution in [0.1, 0.15) is 29.3 Å². The molecule has 0 bridgehead atoms. The number of nitrogens with one attached hydrogen (secondary N) is 1. The van der Waals surface area contributed by atoms with E-state index in [1.807, 2.05) is 23.5 Å². The van der Waals surface area contributed by atoms with Gasteiger partial charge in [-0.3, -0.25) is 0 Å². The van der Waals surface area contributed by atoms with Crippen molar-refractivity contribution in [1.82, 2.24) is 9.88 Å². The maximum atomic E-state index is 6.72. The third-order valence-corrected chi connectivity index (χ3v) is 13.0. The minimum Gasteiger partial charge on any atom is -0.485 e. The lowest BCUT2D eigenvalue weighted by Gasteiger charge is -2.27. The van der Waals surface area contributed by atoms with Crippen molar-refractivity contribution in [3.05, 3.63) is 204 Å². The average Bonchev–Trinajstić information content (AvgIpc) is 3.95. The molecule has 4 atom stereocenters. The average molecular weight is 753 g/mol. The molecule has 1 fully saturated rings. The summed E-state index contributed by atoms with van der Waals surface area (Å²) in [4.78, 5) is 10.3. The molecule has 2 aliphatic heterocycles. The minimum atomic E-state index is -0.207. The number of para-hydroxylation sites is 2. The van der Waals surface area contributed by atoms with Crippen molar-refractivity contribution < 1.29 is 4.74 Å². The zero-order chi connectivity index (χ0) is 37.5. The Labute approximate surface area is 334 Å². The van der Waals surface area contributed by atoms with Crippen molar-refractivity contribution in [2.75, 3.05) is 0 Å². The first-order valence-corrected chi connectivity index (χ1v) is 20.5. The van der Waals surface area contributed by atoms with Gasteiger partial charge in [0.25, 0.3) is 0 Å². The third kappa shape index (κ3) is 5.28. The molecule has 0 spiro atoms. The summed E-state index contributed by atoms with van der Waals surface area (Å²) >= 11 is 1.87. The van der Waals surface area contributed by atoms with Crippen molar-refractivity contribution in [2.45, 2.75) is 18.7 Å². The summed E-state index contributed by atoms with van der Waals surface area (Å²) in [7, 11) is 0. The molecule has 0 saturated carbocycles. The van der Waals surface area contributed by atoms with Gasteiger partial charge in [-0.15, -0.1) is 11.3 Å². The molecule has 0 amide bonds. The molecule has 0 radical (unpaired) electrons. The zero-order valence-electron chi connectivity index (χ0n) is 30.9. The van der Waals surface area contributed by atoms with E-state index in [1.165, 1.54) is 64.4 Å². The van der Waals surface area contributed by atoms with Gasteiger partial charge in [-0.25, -0.2) is 9.98 Å². The van der Waals surface area contributed by atoms with Gasteiger partial charge in [0.15, 0.2) is 0 Å². The van der Waals surface area contributed by atoms with Crippen molar-refractivity contribution in [2.24, 2.45) is 21.8 Å². The predicted molar refractivity (Wildman–Crippen MR) is 236 cm³/mol. The molecule has 1 saturated heterocycles. The number of allylic oxidation sites excluding steroid dienone is 4. The lowest BCUT2D eigenvalue weighted by atomic mass is 9.82. The van der Waals surface area contributed by atoms with Gasteiger partial charge in [0.05, 0.1) is 11.0 Å². The van der Waals surface area contributed by atoms with Crippen LogP contribution in [0.5, 0.6) is 0 Å². The summed E-state index contributed by atoms with van der Waals surface area (Å²) in [6, 6.07) is 51.9. The number of thiophene rings is 1. The molecule has 4 unspecified atom stereocenters. The SMILES string of the molecule is C1=CC2C3=CC(C4=NC(c5ccccc5)NC(c5ccccc5)=N4)CC=C3OC2C=C1c1cccc2sc3cc(-n4c5ccccc5c5ccccc54)ccc3c12. The molecule has 5 nitrogen and oxygen atoms in total. The molecule has 2 aliphatic carbocycles. The largest absolute Gasteiger partial charge is 0.485 e. The maximum absolute atomic E-state index is 6.72. The van der Waals surface area contributed by atoms with Crippen LogP contribution in [-0.4, -0.2) is 22.3 Å². The molecule has 272 valence electrons. The first-order chi connectivity index (χ1) is 28.2. The summed E-state index contributed by atoms with van der Waals surface area (Å²) in [6.07, 6.45) is 12.1. The van der Waals surface area contributed by atoms with E-state index in [0.717, 1.165) is 35.0 Å². The van der Waals surface area contributed by atoms with Crippen LogP contribution in [0, 0.1) is 11.8 Å². The number of benzene rings is 6. The van der Waals surface area contributed by atoms with Crippen LogP contribution in [-0.2, 0) is 4.74 Å². The highest BCUT2D eigenvalue weighted by atomic mass is 32.1. The van der Waals surface area contributed by atoms with Gasteiger partial charge in [0, 0.05) is 59.6 Å². The number of rotatable bonds is 5. The summed E-state index contributed by atoms with van der Waals surface area (Å²) in [6.45, 7) is 0. The Morgan fingerprint density at radius 2 is 1.46 bits per heavy atom. The molecule has 6 heteroatoms. The number of nitrogens with zero attached hydrogens (tertiary/aromatic N) is 3. The van der Waals surface area contributed by atoms with Crippen molar-refractivity contribution in [3.63, 3.8) is 0 Å². The van der Waals surface area contributed by atoms with E-state index in [0.29, 0.717) is 0 Å². The highest BCUT2D eigenvalue weighted by Crippen LogP contribution is 2.47. The second-order valence-corrected chi connectivity index (χ2v) is 16.3. The van der Waals surface area contributed by atoms with E-state index in [9.17, 15) is 0 Å². The molecular weight excluding hydrogens is 717 g/mol. The fourth-order valence-electron chi connectivity index (χ4n) is 9.24. The van der Waals surface area contributed by atoms with E-state index < -0.39 is 0 Å². The van der Waals surface area contributed by atoms with E-state index in [4.69, 9.17) is 14.7 Å². The Morgan fingerprint density at radius 1 is 0.702 bits per heavy atom. The predicted octanol–water partition coefficient (Wildman–Crippen LogP) is 12.1. The molecule has 12 rings (SSSR count). The molecule has 8 aromatic rings. The van der Waals surface area contributed by atoms with Crippen molar-refractivity contribution >= 4 is 70.6 Å². The summed E-state index contributed by atoms with van der Waals surface area (Å²) in [5.41, 5.74) is 9.49. The van der Waals surface area contributed by atoms with Crippen LogP contribution in [0.25, 0.3) is 53.2 Å². The first kappa shape index (κ1) is 32.5. The number of hydrogen-bond acceptors (Lipinski definition) is 5. The second kappa shape index (κ2) is 12.9. The number of amidine groups is 2. The van der Waals surface area contributed by atoms with Crippen molar-refractivity contribution in [1.29, 1.82) is 0 Å². The molecule has 6 aromatic carbocycles. The first-order valence-electron chi connectivity index (χ1n) is 19.7. The monoisotopic (exact) mass is 752 g/mol. The van der Waals surface area contributed by atoms with Crippen LogP contribution in [0.4, 0.5) is 0 Å². The van der Waals surface area contributed by atoms with E-state index in [-0.39, 0.29) is 24.1 Å². The second-order valence-electron chi connectivity index (χ2n) is 15.2. The highest BCUT2D eigenvalue weighted by molar-refractivity contribution is 7.25. The maximum Gasteiger partial charge on any atom is 0.147 e. The summed E-state index contributed by atoms with van der Waals surface area (Å²) < 4.78 is 11.7. The van der Waals surface area contributed by atoms with Crippen LogP contribution in [0.15, 0.2) is 197 Å². The number of hydrogen-bond donors (Lipinski definition) is 1. The topological polar surface area (TPSA) is 50.9 Å². The van der Waals surface area contributed by atoms with Gasteiger partial charge < -0.3 is 14.6 Å². The minimum absolute atomic E-state index is 0.0511. The van der Waals surface area contributed by atoms with Crippen molar-refractivity contribution in [3.8, 4) is 5.69 Å². The number of aromatic nitrogens is 1. The van der Waals surface area contributed by atoms with Crippen LogP contribution in [0.2, 0.25) is 0 Å². The highest BCUT2D eigenvalue weighted by Gasteiger charge is 2.39.